The largest absolute Gasteiger partial charge is 0.497 e. The van der Waals surface area contributed by atoms with E-state index in [9.17, 15) is 4.79 Å². The Hall–Kier alpha value is -1.92. The maximum atomic E-state index is 12.2. The zero-order valence-corrected chi connectivity index (χ0v) is 14.6. The van der Waals surface area contributed by atoms with Crippen LogP contribution in [0.15, 0.2) is 47.2 Å². The fourth-order valence-corrected chi connectivity index (χ4v) is 2.48. The molecule has 0 atom stereocenters. The van der Waals surface area contributed by atoms with Crippen molar-refractivity contribution in [2.75, 3.05) is 20.2 Å². The summed E-state index contributed by atoms with van der Waals surface area (Å²) in [6, 6.07) is 9.30. The lowest BCUT2D eigenvalue weighted by atomic mass is 10.2. The lowest BCUT2D eigenvalue weighted by Crippen LogP contribution is -2.27. The minimum Gasteiger partial charge on any atom is -0.497 e. The second-order valence-corrected chi connectivity index (χ2v) is 5.84. The molecule has 0 aliphatic heterocycles. The van der Waals surface area contributed by atoms with E-state index in [-0.39, 0.29) is 5.91 Å². The number of nitrogens with one attached hydrogen (secondary N) is 2. The molecule has 2 rings (SSSR count). The van der Waals surface area contributed by atoms with Crippen LogP contribution in [0.1, 0.15) is 22.3 Å². The average molecular weight is 378 g/mol. The lowest BCUT2D eigenvalue weighted by Gasteiger charge is -2.09. The predicted octanol–water partition coefficient (Wildman–Crippen LogP) is 2.76. The SMILES string of the molecule is COc1ccc(Br)c(C(=O)NCCCNCc2ccncc2)c1. The van der Waals surface area contributed by atoms with Crippen LogP contribution in [0.25, 0.3) is 0 Å². The summed E-state index contributed by atoms with van der Waals surface area (Å²) in [5, 5.41) is 6.25. The maximum Gasteiger partial charge on any atom is 0.252 e. The van der Waals surface area contributed by atoms with Gasteiger partial charge in [0.2, 0.25) is 0 Å². The zero-order chi connectivity index (χ0) is 16.5. The Labute approximate surface area is 144 Å². The Kier molecular flexibility index (Phi) is 7.03. The van der Waals surface area contributed by atoms with E-state index in [0.29, 0.717) is 17.9 Å². The minimum atomic E-state index is -0.107. The second kappa shape index (κ2) is 9.27. The molecule has 1 amide bonds. The van der Waals surface area contributed by atoms with Crippen LogP contribution in [0.2, 0.25) is 0 Å². The molecule has 0 aliphatic carbocycles. The number of nitrogens with zero attached hydrogens (tertiary/aromatic N) is 1. The summed E-state index contributed by atoms with van der Waals surface area (Å²) in [7, 11) is 1.58. The molecule has 1 aromatic heterocycles. The number of hydrogen-bond donors (Lipinski definition) is 2. The fraction of sp³-hybridized carbons (Fsp3) is 0.294. The van der Waals surface area contributed by atoms with Crippen molar-refractivity contribution in [3.05, 3.63) is 58.3 Å². The number of rotatable bonds is 8. The molecule has 2 aromatic rings. The third kappa shape index (κ3) is 5.65. The third-order valence-electron chi connectivity index (χ3n) is 3.31. The summed E-state index contributed by atoms with van der Waals surface area (Å²) in [5.41, 5.74) is 1.78. The van der Waals surface area contributed by atoms with E-state index in [2.05, 4.69) is 31.5 Å². The zero-order valence-electron chi connectivity index (χ0n) is 13.0. The first-order valence-corrected chi connectivity index (χ1v) is 8.21. The number of halogens is 1. The van der Waals surface area contributed by atoms with Gasteiger partial charge in [-0.3, -0.25) is 9.78 Å². The molecule has 1 heterocycles. The van der Waals surface area contributed by atoms with Gasteiger partial charge in [-0.25, -0.2) is 0 Å². The highest BCUT2D eigenvalue weighted by atomic mass is 79.9. The van der Waals surface area contributed by atoms with Crippen LogP contribution in [-0.4, -0.2) is 31.1 Å². The number of aromatic nitrogens is 1. The maximum absolute atomic E-state index is 12.2. The molecule has 0 bridgehead atoms. The van der Waals surface area contributed by atoms with Gasteiger partial charge in [-0.05, 0) is 64.8 Å². The molecule has 2 N–H and O–H groups in total. The van der Waals surface area contributed by atoms with Crippen molar-refractivity contribution in [2.45, 2.75) is 13.0 Å². The summed E-state index contributed by atoms with van der Waals surface area (Å²) in [6.07, 6.45) is 4.42. The van der Waals surface area contributed by atoms with E-state index in [1.807, 2.05) is 24.3 Å². The van der Waals surface area contributed by atoms with Crippen molar-refractivity contribution in [3.8, 4) is 5.75 Å². The molecule has 1 aromatic carbocycles. The molecule has 0 aliphatic rings. The molecule has 0 saturated heterocycles. The van der Waals surface area contributed by atoms with Gasteiger partial charge in [0, 0.05) is 30.0 Å². The Morgan fingerprint density at radius 1 is 1.22 bits per heavy atom. The summed E-state index contributed by atoms with van der Waals surface area (Å²) in [4.78, 5) is 16.1. The Morgan fingerprint density at radius 3 is 2.74 bits per heavy atom. The Bertz CT molecular complexity index is 635. The average Bonchev–Trinajstić information content (AvgIpc) is 2.59. The summed E-state index contributed by atoms with van der Waals surface area (Å²) in [5.74, 6) is 0.558. The Morgan fingerprint density at radius 2 is 2.00 bits per heavy atom. The van der Waals surface area contributed by atoms with Gasteiger partial charge in [-0.1, -0.05) is 0 Å². The van der Waals surface area contributed by atoms with E-state index in [4.69, 9.17) is 4.74 Å². The molecule has 0 unspecified atom stereocenters. The number of carbonyl (C=O) groups is 1. The standard InChI is InChI=1S/C17H20BrN3O2/c1-23-14-3-4-16(18)15(11-14)17(22)21-8-2-7-20-12-13-5-9-19-10-6-13/h3-6,9-11,20H,2,7-8,12H2,1H3,(H,21,22). The molecular weight excluding hydrogens is 358 g/mol. The topological polar surface area (TPSA) is 63.2 Å². The van der Waals surface area contributed by atoms with Crippen molar-refractivity contribution in [1.29, 1.82) is 0 Å². The van der Waals surface area contributed by atoms with Gasteiger partial charge >= 0.3 is 0 Å². The van der Waals surface area contributed by atoms with E-state index in [1.165, 1.54) is 5.56 Å². The molecule has 5 nitrogen and oxygen atoms in total. The summed E-state index contributed by atoms with van der Waals surface area (Å²) in [6.45, 7) is 2.26. The van der Waals surface area contributed by atoms with Crippen LogP contribution >= 0.6 is 15.9 Å². The highest BCUT2D eigenvalue weighted by Gasteiger charge is 2.10. The van der Waals surface area contributed by atoms with Crippen LogP contribution in [0.5, 0.6) is 5.75 Å². The van der Waals surface area contributed by atoms with Crippen LogP contribution < -0.4 is 15.4 Å². The van der Waals surface area contributed by atoms with Crippen LogP contribution in [-0.2, 0) is 6.54 Å². The van der Waals surface area contributed by atoms with E-state index >= 15 is 0 Å². The van der Waals surface area contributed by atoms with Gasteiger partial charge in [-0.2, -0.15) is 0 Å². The minimum absolute atomic E-state index is 0.107. The number of ether oxygens (including phenoxy) is 1. The summed E-state index contributed by atoms with van der Waals surface area (Å²) >= 11 is 3.39. The molecule has 23 heavy (non-hydrogen) atoms. The molecular formula is C17H20BrN3O2. The molecule has 0 radical (unpaired) electrons. The number of carbonyl (C=O) groups excluding carboxylic acids is 1. The van der Waals surface area contributed by atoms with Gasteiger partial charge < -0.3 is 15.4 Å². The van der Waals surface area contributed by atoms with Gasteiger partial charge in [0.05, 0.1) is 12.7 Å². The van der Waals surface area contributed by atoms with E-state index in [1.54, 1.807) is 25.6 Å². The molecule has 0 fully saturated rings. The van der Waals surface area contributed by atoms with Crippen LogP contribution in [0, 0.1) is 0 Å². The lowest BCUT2D eigenvalue weighted by molar-refractivity contribution is 0.0952. The van der Waals surface area contributed by atoms with Gasteiger partial charge in [-0.15, -0.1) is 0 Å². The number of benzene rings is 1. The van der Waals surface area contributed by atoms with Crippen molar-refractivity contribution < 1.29 is 9.53 Å². The number of methoxy groups -OCH3 is 1. The second-order valence-electron chi connectivity index (χ2n) is 4.99. The van der Waals surface area contributed by atoms with Gasteiger partial charge in [0.25, 0.3) is 5.91 Å². The number of hydrogen-bond acceptors (Lipinski definition) is 4. The number of amides is 1. The first-order chi connectivity index (χ1) is 11.2. The summed E-state index contributed by atoms with van der Waals surface area (Å²) < 4.78 is 5.90. The van der Waals surface area contributed by atoms with Gasteiger partial charge in [0.1, 0.15) is 5.75 Å². The molecule has 122 valence electrons. The number of pyridine rings is 1. The molecule has 0 spiro atoms. The van der Waals surface area contributed by atoms with Crippen molar-refractivity contribution >= 4 is 21.8 Å². The predicted molar refractivity (Wildman–Crippen MR) is 93.6 cm³/mol. The molecule has 6 heteroatoms. The first kappa shape index (κ1) is 17.4. The quantitative estimate of drug-likeness (QED) is 0.694. The smallest absolute Gasteiger partial charge is 0.252 e. The Balaban J connectivity index is 1.69. The van der Waals surface area contributed by atoms with E-state index in [0.717, 1.165) is 24.0 Å². The van der Waals surface area contributed by atoms with E-state index < -0.39 is 0 Å². The van der Waals surface area contributed by atoms with Crippen molar-refractivity contribution in [2.24, 2.45) is 0 Å². The first-order valence-electron chi connectivity index (χ1n) is 7.42. The molecule has 0 saturated carbocycles. The monoisotopic (exact) mass is 377 g/mol. The third-order valence-corrected chi connectivity index (χ3v) is 4.00. The van der Waals surface area contributed by atoms with Crippen molar-refractivity contribution in [3.63, 3.8) is 0 Å². The van der Waals surface area contributed by atoms with Crippen molar-refractivity contribution in [1.82, 2.24) is 15.6 Å². The fourth-order valence-electron chi connectivity index (χ4n) is 2.05. The van der Waals surface area contributed by atoms with Crippen LogP contribution in [0.3, 0.4) is 0 Å². The van der Waals surface area contributed by atoms with Crippen LogP contribution in [0.4, 0.5) is 0 Å². The normalized spacial score (nSPS) is 10.3. The highest BCUT2D eigenvalue weighted by molar-refractivity contribution is 9.10. The highest BCUT2D eigenvalue weighted by Crippen LogP contribution is 2.22. The van der Waals surface area contributed by atoms with Gasteiger partial charge in [0.15, 0.2) is 0 Å².